The van der Waals surface area contributed by atoms with Crippen molar-refractivity contribution in [3.63, 3.8) is 0 Å². The van der Waals surface area contributed by atoms with Crippen molar-refractivity contribution in [1.29, 1.82) is 0 Å². The van der Waals surface area contributed by atoms with Crippen LogP contribution in [0.15, 0.2) is 22.7 Å². The van der Waals surface area contributed by atoms with Gasteiger partial charge >= 0.3 is 5.97 Å². The van der Waals surface area contributed by atoms with Crippen molar-refractivity contribution < 1.29 is 19.2 Å². The van der Waals surface area contributed by atoms with Crippen LogP contribution in [0.5, 0.6) is 0 Å². The lowest BCUT2D eigenvalue weighted by molar-refractivity contribution is -0.386. The summed E-state index contributed by atoms with van der Waals surface area (Å²) in [5, 5.41) is 18.9. The monoisotopic (exact) mass is 277 g/mol. The molecule has 0 aromatic heterocycles. The molecular formula is C8H5BrFNO4. The van der Waals surface area contributed by atoms with Crippen molar-refractivity contribution in [3.05, 3.63) is 38.3 Å². The Labute approximate surface area is 91.8 Å². The van der Waals surface area contributed by atoms with Crippen molar-refractivity contribution >= 4 is 27.6 Å². The minimum absolute atomic E-state index is 0.385. The van der Waals surface area contributed by atoms with Crippen molar-refractivity contribution in [3.8, 4) is 0 Å². The molecule has 0 radical (unpaired) electrons. The molecule has 0 bridgehead atoms. The molecule has 15 heavy (non-hydrogen) atoms. The second kappa shape index (κ2) is 4.35. The molecule has 0 saturated heterocycles. The van der Waals surface area contributed by atoms with Gasteiger partial charge in [-0.05, 0) is 12.1 Å². The van der Waals surface area contributed by atoms with Gasteiger partial charge in [0.2, 0.25) is 6.17 Å². The highest BCUT2D eigenvalue weighted by molar-refractivity contribution is 9.10. The third-order valence-corrected chi connectivity index (χ3v) is 2.17. The van der Waals surface area contributed by atoms with Gasteiger partial charge < -0.3 is 5.11 Å². The van der Waals surface area contributed by atoms with Crippen LogP contribution in [0.1, 0.15) is 11.7 Å². The van der Waals surface area contributed by atoms with E-state index in [2.05, 4.69) is 15.9 Å². The second-order valence-corrected chi connectivity index (χ2v) is 3.58. The lowest BCUT2D eigenvalue weighted by atomic mass is 10.1. The van der Waals surface area contributed by atoms with E-state index in [0.717, 1.165) is 12.1 Å². The van der Waals surface area contributed by atoms with Gasteiger partial charge in [-0.2, -0.15) is 0 Å². The topological polar surface area (TPSA) is 80.4 Å². The predicted molar refractivity (Wildman–Crippen MR) is 52.3 cm³/mol. The Morgan fingerprint density at radius 1 is 1.60 bits per heavy atom. The van der Waals surface area contributed by atoms with Crippen LogP contribution < -0.4 is 0 Å². The van der Waals surface area contributed by atoms with Crippen molar-refractivity contribution in [2.75, 3.05) is 0 Å². The Balaban J connectivity index is 3.28. The highest BCUT2D eigenvalue weighted by Gasteiger charge is 2.27. The molecule has 0 heterocycles. The Morgan fingerprint density at radius 2 is 2.20 bits per heavy atom. The number of benzene rings is 1. The van der Waals surface area contributed by atoms with E-state index >= 15 is 0 Å². The molecule has 0 aliphatic heterocycles. The van der Waals surface area contributed by atoms with Crippen LogP contribution in [0.25, 0.3) is 0 Å². The number of nitro benzene ring substituents is 1. The summed E-state index contributed by atoms with van der Waals surface area (Å²) < 4.78 is 13.5. The van der Waals surface area contributed by atoms with Crippen LogP contribution in [-0.4, -0.2) is 16.0 Å². The van der Waals surface area contributed by atoms with E-state index in [9.17, 15) is 19.3 Å². The molecule has 1 atom stereocenters. The first kappa shape index (κ1) is 11.6. The van der Waals surface area contributed by atoms with E-state index in [4.69, 9.17) is 5.11 Å². The lowest BCUT2D eigenvalue weighted by Gasteiger charge is -2.04. The average Bonchev–Trinajstić information content (AvgIpc) is 2.16. The molecule has 1 aromatic carbocycles. The highest BCUT2D eigenvalue weighted by atomic mass is 79.9. The zero-order valence-electron chi connectivity index (χ0n) is 7.18. The first-order valence-corrected chi connectivity index (χ1v) is 4.53. The quantitative estimate of drug-likeness (QED) is 0.680. The number of carbonyl (C=O) groups is 1. The number of halogens is 2. The summed E-state index contributed by atoms with van der Waals surface area (Å²) in [6.07, 6.45) is -2.39. The molecule has 0 fully saturated rings. The maximum absolute atomic E-state index is 13.1. The second-order valence-electron chi connectivity index (χ2n) is 2.66. The molecule has 0 saturated carbocycles. The summed E-state index contributed by atoms with van der Waals surface area (Å²) in [6, 6.07) is 3.48. The Morgan fingerprint density at radius 3 is 2.67 bits per heavy atom. The summed E-state index contributed by atoms with van der Waals surface area (Å²) in [5.41, 5.74) is -1.02. The maximum atomic E-state index is 13.1. The summed E-state index contributed by atoms with van der Waals surface area (Å²) in [6.45, 7) is 0. The molecule has 5 nitrogen and oxygen atoms in total. The molecule has 0 spiro atoms. The van der Waals surface area contributed by atoms with Crippen LogP contribution in [0.3, 0.4) is 0 Å². The minimum atomic E-state index is -2.39. The third kappa shape index (κ3) is 2.50. The Hall–Kier alpha value is -1.50. The first-order chi connectivity index (χ1) is 6.93. The summed E-state index contributed by atoms with van der Waals surface area (Å²) in [4.78, 5) is 20.1. The molecule has 1 N–H and O–H groups in total. The van der Waals surface area contributed by atoms with Gasteiger partial charge in [-0.25, -0.2) is 9.18 Å². The van der Waals surface area contributed by atoms with Gasteiger partial charge in [0.15, 0.2) is 0 Å². The number of carboxylic acid groups (broad SMARTS) is 1. The third-order valence-electron chi connectivity index (χ3n) is 1.68. The van der Waals surface area contributed by atoms with E-state index < -0.39 is 28.3 Å². The predicted octanol–water partition coefficient (Wildman–Crippen LogP) is 2.45. The fourth-order valence-corrected chi connectivity index (χ4v) is 1.37. The van der Waals surface area contributed by atoms with Gasteiger partial charge in [-0.15, -0.1) is 0 Å². The molecule has 0 aliphatic carbocycles. The number of hydrogen-bond donors (Lipinski definition) is 1. The Kier molecular flexibility index (Phi) is 3.35. The van der Waals surface area contributed by atoms with Crippen molar-refractivity contribution in [2.24, 2.45) is 0 Å². The van der Waals surface area contributed by atoms with Crippen LogP contribution in [0, 0.1) is 10.1 Å². The molecule has 0 amide bonds. The molecule has 7 heteroatoms. The smallest absolute Gasteiger partial charge is 0.343 e. The van der Waals surface area contributed by atoms with Gasteiger partial charge in [0.1, 0.15) is 0 Å². The van der Waals surface area contributed by atoms with Gasteiger partial charge in [-0.3, -0.25) is 10.1 Å². The zero-order valence-corrected chi connectivity index (χ0v) is 8.77. The number of nitro groups is 1. The van der Waals surface area contributed by atoms with Crippen LogP contribution in [0.4, 0.5) is 10.1 Å². The number of aliphatic carboxylic acids is 1. The standard InChI is InChI=1S/C8H5BrFNO4/c9-4-1-2-5(7(10)8(12)13)6(3-4)11(14)15/h1-3,7H,(H,12,13)/t7-/m1/s1. The normalized spacial score (nSPS) is 12.1. The fourth-order valence-electron chi connectivity index (χ4n) is 1.02. The van der Waals surface area contributed by atoms with E-state index in [0.29, 0.717) is 4.47 Å². The van der Waals surface area contributed by atoms with Gasteiger partial charge in [0.25, 0.3) is 5.69 Å². The van der Waals surface area contributed by atoms with Gasteiger partial charge in [0, 0.05) is 10.5 Å². The molecule has 0 unspecified atom stereocenters. The SMILES string of the molecule is O=C(O)[C@H](F)c1ccc(Br)cc1[N+](=O)[O-]. The van der Waals surface area contributed by atoms with E-state index in [1.54, 1.807) is 0 Å². The average molecular weight is 278 g/mol. The van der Waals surface area contributed by atoms with Crippen molar-refractivity contribution in [2.45, 2.75) is 6.17 Å². The number of carboxylic acids is 1. The zero-order chi connectivity index (χ0) is 11.6. The molecular weight excluding hydrogens is 273 g/mol. The number of alkyl halides is 1. The first-order valence-electron chi connectivity index (χ1n) is 3.74. The highest BCUT2D eigenvalue weighted by Crippen LogP contribution is 2.30. The largest absolute Gasteiger partial charge is 0.479 e. The molecule has 0 aliphatic rings. The van der Waals surface area contributed by atoms with Crippen LogP contribution >= 0.6 is 15.9 Å². The van der Waals surface area contributed by atoms with Crippen molar-refractivity contribution in [1.82, 2.24) is 0 Å². The van der Waals surface area contributed by atoms with Crippen LogP contribution in [-0.2, 0) is 4.79 Å². The molecule has 1 rings (SSSR count). The van der Waals surface area contributed by atoms with E-state index in [1.807, 2.05) is 0 Å². The molecule has 80 valence electrons. The summed E-state index contributed by atoms with van der Waals surface area (Å²) in [7, 11) is 0. The fraction of sp³-hybridized carbons (Fsp3) is 0.125. The lowest BCUT2D eigenvalue weighted by Crippen LogP contribution is -2.08. The number of nitrogens with zero attached hydrogens (tertiary/aromatic N) is 1. The summed E-state index contributed by atoms with van der Waals surface area (Å²) in [5.74, 6) is -1.75. The number of hydrogen-bond acceptors (Lipinski definition) is 3. The maximum Gasteiger partial charge on any atom is 0.343 e. The van der Waals surface area contributed by atoms with Gasteiger partial charge in [0.05, 0.1) is 10.5 Å². The van der Waals surface area contributed by atoms with Gasteiger partial charge in [-0.1, -0.05) is 15.9 Å². The number of rotatable bonds is 3. The molecule has 1 aromatic rings. The van der Waals surface area contributed by atoms with E-state index in [-0.39, 0.29) is 0 Å². The van der Waals surface area contributed by atoms with Crippen LogP contribution in [0.2, 0.25) is 0 Å². The van der Waals surface area contributed by atoms with E-state index in [1.165, 1.54) is 6.07 Å². The Bertz CT molecular complexity index is 423. The summed E-state index contributed by atoms with van der Waals surface area (Å²) >= 11 is 2.98. The minimum Gasteiger partial charge on any atom is -0.479 e.